The molecule has 1 saturated carbocycles. The molecule has 0 bridgehead atoms. The molecule has 2 aliphatic rings. The number of rotatable bonds is 20. The van der Waals surface area contributed by atoms with Gasteiger partial charge in [0.15, 0.2) is 6.61 Å². The normalized spacial score (nSPS) is 22.4. The zero-order valence-corrected chi connectivity index (χ0v) is 24.5. The minimum Gasteiger partial charge on any atom is -0.482 e. The van der Waals surface area contributed by atoms with Gasteiger partial charge in [0.05, 0.1) is 19.3 Å². The number of carbonyl (C=O) groups is 2. The van der Waals surface area contributed by atoms with Crippen molar-refractivity contribution < 1.29 is 38.7 Å². The number of benzene rings is 1. The zero-order valence-electron chi connectivity index (χ0n) is 24.5. The number of fused-ring (bicyclic) bond motifs is 2. The van der Waals surface area contributed by atoms with Crippen molar-refractivity contribution in [3.05, 3.63) is 29.3 Å². The maximum absolute atomic E-state index is 12.6. The molecule has 8 nitrogen and oxygen atoms in total. The summed E-state index contributed by atoms with van der Waals surface area (Å²) < 4.78 is 22.0. The Kier molecular flexibility index (Phi) is 14.2. The number of carboxylic acids is 1. The summed E-state index contributed by atoms with van der Waals surface area (Å²) in [4.78, 5) is 23.7. The van der Waals surface area contributed by atoms with Crippen LogP contribution in [0.4, 0.5) is 0 Å². The molecular formula is C32H50O8. The fourth-order valence-corrected chi connectivity index (χ4v) is 6.55. The van der Waals surface area contributed by atoms with Gasteiger partial charge in [0.2, 0.25) is 0 Å². The Morgan fingerprint density at radius 3 is 2.52 bits per heavy atom. The molecule has 3 rings (SSSR count). The van der Waals surface area contributed by atoms with E-state index >= 15 is 0 Å². The van der Waals surface area contributed by atoms with Gasteiger partial charge in [-0.1, -0.05) is 64.0 Å². The molecule has 226 valence electrons. The Morgan fingerprint density at radius 2 is 1.77 bits per heavy atom. The van der Waals surface area contributed by atoms with Gasteiger partial charge in [-0.3, -0.25) is 0 Å². The molecule has 2 aliphatic carbocycles. The summed E-state index contributed by atoms with van der Waals surface area (Å²) in [5.41, 5.74) is 2.24. The molecule has 5 atom stereocenters. The molecule has 1 fully saturated rings. The molecule has 0 aliphatic heterocycles. The summed E-state index contributed by atoms with van der Waals surface area (Å²) in [6, 6.07) is 5.85. The van der Waals surface area contributed by atoms with Crippen LogP contribution in [-0.2, 0) is 36.6 Å². The van der Waals surface area contributed by atoms with Crippen molar-refractivity contribution in [3.63, 3.8) is 0 Å². The van der Waals surface area contributed by atoms with Gasteiger partial charge >= 0.3 is 11.9 Å². The number of carbonyl (C=O) groups excluding carboxylic acids is 1. The van der Waals surface area contributed by atoms with Crippen LogP contribution in [0.2, 0.25) is 0 Å². The van der Waals surface area contributed by atoms with Crippen molar-refractivity contribution >= 4 is 11.9 Å². The van der Waals surface area contributed by atoms with Gasteiger partial charge in [0, 0.05) is 7.11 Å². The zero-order chi connectivity index (χ0) is 28.7. The van der Waals surface area contributed by atoms with Gasteiger partial charge < -0.3 is 29.2 Å². The minimum absolute atomic E-state index is 0.101. The lowest BCUT2D eigenvalue weighted by molar-refractivity contribution is -0.157. The smallest absolute Gasteiger partial charge is 0.341 e. The number of aliphatic hydroxyl groups excluding tert-OH is 1. The Labute approximate surface area is 239 Å². The Morgan fingerprint density at radius 1 is 1.00 bits per heavy atom. The SMILES string of the molecule is CCCCCCCCC[C@H](O)CC[C@@H]1[C@H]2Cc3cccc(OCC(=O)O)c3C[C@H]2C[C@H]1OC(=O)COCCOC. The summed E-state index contributed by atoms with van der Waals surface area (Å²) in [6.07, 6.45) is 12.7. The van der Waals surface area contributed by atoms with Crippen LogP contribution in [0, 0.1) is 17.8 Å². The number of ether oxygens (including phenoxy) is 4. The largest absolute Gasteiger partial charge is 0.482 e. The summed E-state index contributed by atoms with van der Waals surface area (Å²) in [7, 11) is 1.59. The van der Waals surface area contributed by atoms with E-state index in [1.54, 1.807) is 7.11 Å². The molecule has 1 aromatic rings. The van der Waals surface area contributed by atoms with E-state index in [4.69, 9.17) is 24.1 Å². The molecule has 0 aromatic heterocycles. The predicted molar refractivity (Wildman–Crippen MR) is 152 cm³/mol. The van der Waals surface area contributed by atoms with Crippen LogP contribution in [0.5, 0.6) is 5.75 Å². The van der Waals surface area contributed by atoms with E-state index in [1.807, 2.05) is 12.1 Å². The average Bonchev–Trinajstić information content (AvgIpc) is 3.26. The first-order chi connectivity index (χ1) is 19.4. The molecule has 0 saturated heterocycles. The van der Waals surface area contributed by atoms with Crippen LogP contribution < -0.4 is 4.74 Å². The number of hydrogen-bond acceptors (Lipinski definition) is 7. The van der Waals surface area contributed by atoms with Gasteiger partial charge in [-0.15, -0.1) is 0 Å². The van der Waals surface area contributed by atoms with Crippen molar-refractivity contribution in [3.8, 4) is 5.75 Å². The lowest BCUT2D eigenvalue weighted by Gasteiger charge is -2.32. The fraction of sp³-hybridized carbons (Fsp3) is 0.750. The highest BCUT2D eigenvalue weighted by atomic mass is 16.6. The minimum atomic E-state index is -0.998. The maximum Gasteiger partial charge on any atom is 0.341 e. The second-order valence-electron chi connectivity index (χ2n) is 11.5. The van der Waals surface area contributed by atoms with E-state index in [1.165, 1.54) is 44.1 Å². The van der Waals surface area contributed by atoms with E-state index in [0.717, 1.165) is 44.1 Å². The second-order valence-corrected chi connectivity index (χ2v) is 11.5. The first kappa shape index (κ1) is 32.4. The first-order valence-corrected chi connectivity index (χ1v) is 15.3. The lowest BCUT2D eigenvalue weighted by atomic mass is 9.73. The second kappa shape index (κ2) is 17.6. The van der Waals surface area contributed by atoms with E-state index in [0.29, 0.717) is 37.2 Å². The van der Waals surface area contributed by atoms with Crippen LogP contribution in [0.3, 0.4) is 0 Å². The predicted octanol–water partition coefficient (Wildman–Crippen LogP) is 5.36. The third kappa shape index (κ3) is 10.3. The summed E-state index contributed by atoms with van der Waals surface area (Å²) >= 11 is 0. The number of hydrogen-bond donors (Lipinski definition) is 2. The molecule has 0 unspecified atom stereocenters. The van der Waals surface area contributed by atoms with Crippen LogP contribution in [0.1, 0.15) is 88.7 Å². The highest BCUT2D eigenvalue weighted by Crippen LogP contribution is 2.49. The quantitative estimate of drug-likeness (QED) is 0.161. The average molecular weight is 563 g/mol. The number of aliphatic carboxylic acids is 1. The molecule has 0 amide bonds. The Balaban J connectivity index is 1.60. The van der Waals surface area contributed by atoms with Gasteiger partial charge in [-0.05, 0) is 73.5 Å². The molecule has 8 heteroatoms. The number of unbranched alkanes of at least 4 members (excludes halogenated alkanes) is 6. The van der Waals surface area contributed by atoms with E-state index in [-0.39, 0.29) is 37.3 Å². The maximum atomic E-state index is 12.6. The number of methoxy groups -OCH3 is 1. The van der Waals surface area contributed by atoms with Crippen molar-refractivity contribution in [1.82, 2.24) is 0 Å². The first-order valence-electron chi connectivity index (χ1n) is 15.3. The third-order valence-electron chi connectivity index (χ3n) is 8.58. The van der Waals surface area contributed by atoms with Gasteiger partial charge in [-0.2, -0.15) is 0 Å². The standard InChI is InChI=1S/C32H50O8/c1-3-4-5-6-7-8-9-12-25(33)14-15-26-27-18-23-11-10-13-29(39-21-31(34)35)28(23)19-24(27)20-30(26)40-32(36)22-38-17-16-37-2/h10-11,13,24-27,30,33H,3-9,12,14-22H2,1-2H3,(H,34,35)/t24-,25-,26+,27-,30+/m0/s1. The summed E-state index contributed by atoms with van der Waals surface area (Å²) in [5.74, 6) is 0.0680. The highest BCUT2D eigenvalue weighted by Gasteiger charge is 2.47. The Hall–Kier alpha value is -2.16. The van der Waals surface area contributed by atoms with E-state index in [9.17, 15) is 14.7 Å². The van der Waals surface area contributed by atoms with Crippen molar-refractivity contribution in [1.29, 1.82) is 0 Å². The van der Waals surface area contributed by atoms with Crippen LogP contribution in [-0.4, -0.2) is 67.9 Å². The molecule has 0 heterocycles. The van der Waals surface area contributed by atoms with Gasteiger partial charge in [0.1, 0.15) is 18.5 Å². The fourth-order valence-electron chi connectivity index (χ4n) is 6.55. The van der Waals surface area contributed by atoms with Gasteiger partial charge in [0.25, 0.3) is 0 Å². The topological polar surface area (TPSA) is 112 Å². The monoisotopic (exact) mass is 562 g/mol. The van der Waals surface area contributed by atoms with E-state index in [2.05, 4.69) is 13.0 Å². The molecular weight excluding hydrogens is 512 g/mol. The molecule has 2 N–H and O–H groups in total. The number of aliphatic hydroxyl groups is 1. The third-order valence-corrected chi connectivity index (χ3v) is 8.58. The molecule has 1 aromatic carbocycles. The Bertz CT molecular complexity index is 903. The number of esters is 1. The number of carboxylic acid groups (broad SMARTS) is 1. The van der Waals surface area contributed by atoms with Crippen LogP contribution >= 0.6 is 0 Å². The van der Waals surface area contributed by atoms with E-state index < -0.39 is 5.97 Å². The van der Waals surface area contributed by atoms with Crippen molar-refractivity contribution in [2.24, 2.45) is 17.8 Å². The molecule has 0 spiro atoms. The molecule has 0 radical (unpaired) electrons. The van der Waals surface area contributed by atoms with Crippen molar-refractivity contribution in [2.45, 2.75) is 103 Å². The molecule has 40 heavy (non-hydrogen) atoms. The lowest BCUT2D eigenvalue weighted by Crippen LogP contribution is -2.30. The van der Waals surface area contributed by atoms with Crippen LogP contribution in [0.25, 0.3) is 0 Å². The summed E-state index contributed by atoms with van der Waals surface area (Å²) in [6.45, 7) is 2.52. The summed E-state index contributed by atoms with van der Waals surface area (Å²) in [5, 5.41) is 19.9. The van der Waals surface area contributed by atoms with Crippen molar-refractivity contribution in [2.75, 3.05) is 33.5 Å². The van der Waals surface area contributed by atoms with Gasteiger partial charge in [-0.25, -0.2) is 9.59 Å². The highest BCUT2D eigenvalue weighted by molar-refractivity contribution is 5.71. The van der Waals surface area contributed by atoms with Crippen LogP contribution in [0.15, 0.2) is 18.2 Å².